The second-order valence-electron chi connectivity index (χ2n) is 10.4. The number of anilines is 1. The first-order valence-corrected chi connectivity index (χ1v) is 12.7. The van der Waals surface area contributed by atoms with Crippen LogP contribution >= 0.6 is 11.3 Å². The number of ether oxygens (including phenoxy) is 1. The summed E-state index contributed by atoms with van der Waals surface area (Å²) in [6.07, 6.45) is 2.84. The average Bonchev–Trinajstić information content (AvgIpc) is 3.17. The van der Waals surface area contributed by atoms with E-state index in [1.165, 1.54) is 16.0 Å². The van der Waals surface area contributed by atoms with Gasteiger partial charge >= 0.3 is 5.97 Å². The van der Waals surface area contributed by atoms with Crippen LogP contribution in [0.4, 0.5) is 5.00 Å². The lowest BCUT2D eigenvalue weighted by atomic mass is 9.87. The van der Waals surface area contributed by atoms with E-state index >= 15 is 0 Å². The Morgan fingerprint density at radius 3 is 2.41 bits per heavy atom. The van der Waals surface area contributed by atoms with Crippen molar-refractivity contribution in [1.82, 2.24) is 5.32 Å². The molecule has 2 aliphatic rings. The molecule has 1 aliphatic carbocycles. The molecule has 2 heterocycles. The molecule has 0 radical (unpaired) electrons. The fourth-order valence-corrected chi connectivity index (χ4v) is 6.07. The van der Waals surface area contributed by atoms with E-state index in [4.69, 9.17) is 4.74 Å². The Kier molecular flexibility index (Phi) is 5.72. The van der Waals surface area contributed by atoms with Crippen LogP contribution in [0.25, 0.3) is 0 Å². The molecule has 176 valence electrons. The Hall–Kier alpha value is -3.12. The molecule has 0 saturated carbocycles. The number of thiophene rings is 1. The fraction of sp³-hybridized carbons (Fsp3) is 0.357. The molecule has 2 N–H and O–H groups in total. The van der Waals surface area contributed by atoms with Gasteiger partial charge < -0.3 is 15.4 Å². The zero-order valence-electron chi connectivity index (χ0n) is 20.0. The molecule has 0 bridgehead atoms. The van der Waals surface area contributed by atoms with E-state index in [-0.39, 0.29) is 23.5 Å². The highest BCUT2D eigenvalue weighted by Gasteiger charge is 2.33. The van der Waals surface area contributed by atoms with Crippen LogP contribution in [-0.2, 0) is 18.3 Å². The molecule has 2 atom stereocenters. The van der Waals surface area contributed by atoms with Gasteiger partial charge in [-0.15, -0.1) is 11.3 Å². The van der Waals surface area contributed by atoms with Crippen molar-refractivity contribution < 1.29 is 14.3 Å². The molecular formula is C28H30N2O3S. The van der Waals surface area contributed by atoms with Crippen LogP contribution in [-0.4, -0.2) is 11.9 Å². The number of hydrogen-bond acceptors (Lipinski definition) is 5. The summed E-state index contributed by atoms with van der Waals surface area (Å²) in [6, 6.07) is 14.8. The van der Waals surface area contributed by atoms with Crippen molar-refractivity contribution >= 4 is 28.2 Å². The van der Waals surface area contributed by atoms with Crippen LogP contribution in [0.3, 0.4) is 0 Å². The summed E-state index contributed by atoms with van der Waals surface area (Å²) in [7, 11) is 0. The normalized spacial score (nSPS) is 19.5. The largest absolute Gasteiger partial charge is 0.423 e. The molecule has 5 nitrogen and oxygen atoms in total. The summed E-state index contributed by atoms with van der Waals surface area (Å²) >= 11 is 1.71. The zero-order chi connectivity index (χ0) is 24.0. The zero-order valence-corrected chi connectivity index (χ0v) is 20.8. The monoisotopic (exact) mass is 474 g/mol. The van der Waals surface area contributed by atoms with Crippen LogP contribution in [0.5, 0.6) is 5.75 Å². The third-order valence-electron chi connectivity index (χ3n) is 6.70. The number of benzene rings is 2. The molecule has 0 fully saturated rings. The minimum atomic E-state index is -0.389. The number of rotatable bonds is 3. The first kappa shape index (κ1) is 22.7. The van der Waals surface area contributed by atoms with Crippen molar-refractivity contribution in [2.45, 2.75) is 58.5 Å². The van der Waals surface area contributed by atoms with E-state index < -0.39 is 0 Å². The Bertz CT molecular complexity index is 1240. The maximum atomic E-state index is 12.9. The molecule has 5 rings (SSSR count). The van der Waals surface area contributed by atoms with Crippen molar-refractivity contribution in [1.29, 1.82) is 0 Å². The third-order valence-corrected chi connectivity index (χ3v) is 7.89. The van der Waals surface area contributed by atoms with Crippen molar-refractivity contribution in [3.05, 3.63) is 81.2 Å². The van der Waals surface area contributed by atoms with E-state index in [2.05, 4.69) is 38.3 Å². The number of carbonyl (C=O) groups excluding carboxylic acids is 2. The highest BCUT2D eigenvalue weighted by atomic mass is 32.1. The van der Waals surface area contributed by atoms with Crippen LogP contribution in [0.2, 0.25) is 0 Å². The summed E-state index contributed by atoms with van der Waals surface area (Å²) in [5.41, 5.74) is 4.67. The Balaban J connectivity index is 1.27. The standard InChI is InChI=1S/C28H30N2O3S/c1-16-5-14-21-22(15-16)34-26-23(21)25(31)29-24(30-26)17-8-12-20(13-9-17)33-27(32)18-6-10-19(11-7-18)28(2,3)4/h6-13,16,24,30H,5,14-15H2,1-4H3,(H,29,31). The molecule has 1 amide bonds. The highest BCUT2D eigenvalue weighted by molar-refractivity contribution is 7.16. The van der Waals surface area contributed by atoms with E-state index in [0.29, 0.717) is 17.2 Å². The lowest BCUT2D eigenvalue weighted by Gasteiger charge is -2.27. The van der Waals surface area contributed by atoms with Crippen LogP contribution in [0.1, 0.15) is 82.6 Å². The lowest BCUT2D eigenvalue weighted by Crippen LogP contribution is -2.38. The number of carbonyl (C=O) groups is 2. The van der Waals surface area contributed by atoms with Gasteiger partial charge in [-0.05, 0) is 71.6 Å². The molecular weight excluding hydrogens is 444 g/mol. The Morgan fingerprint density at radius 2 is 1.74 bits per heavy atom. The van der Waals surface area contributed by atoms with Crippen molar-refractivity contribution in [3.63, 3.8) is 0 Å². The van der Waals surface area contributed by atoms with Gasteiger partial charge in [0.15, 0.2) is 0 Å². The van der Waals surface area contributed by atoms with Gasteiger partial charge in [-0.25, -0.2) is 4.79 Å². The molecule has 2 aromatic carbocycles. The van der Waals surface area contributed by atoms with E-state index in [1.807, 2.05) is 24.3 Å². The molecule has 0 spiro atoms. The minimum Gasteiger partial charge on any atom is -0.423 e. The molecule has 1 aromatic heterocycles. The SMILES string of the molecule is CC1CCc2c(sc3c2C(=O)NC(c2ccc(OC(=O)c4ccc(C(C)(C)C)cc4)cc2)N3)C1. The molecule has 34 heavy (non-hydrogen) atoms. The minimum absolute atomic E-state index is 0.0139. The molecule has 1 aliphatic heterocycles. The van der Waals surface area contributed by atoms with Crippen LogP contribution in [0.15, 0.2) is 48.5 Å². The van der Waals surface area contributed by atoms with Crippen molar-refractivity contribution in [2.24, 2.45) is 5.92 Å². The van der Waals surface area contributed by atoms with Gasteiger partial charge in [-0.1, -0.05) is 52.0 Å². The van der Waals surface area contributed by atoms with Gasteiger partial charge in [-0.2, -0.15) is 0 Å². The quantitative estimate of drug-likeness (QED) is 0.348. The first-order chi connectivity index (χ1) is 16.2. The maximum absolute atomic E-state index is 12.9. The number of esters is 1. The maximum Gasteiger partial charge on any atom is 0.343 e. The summed E-state index contributed by atoms with van der Waals surface area (Å²) < 4.78 is 5.57. The molecule has 2 unspecified atom stereocenters. The van der Waals surface area contributed by atoms with Crippen LogP contribution in [0, 0.1) is 5.92 Å². The number of hydrogen-bond donors (Lipinski definition) is 2. The number of nitrogens with one attached hydrogen (secondary N) is 2. The first-order valence-electron chi connectivity index (χ1n) is 11.8. The van der Waals surface area contributed by atoms with Crippen LogP contribution < -0.4 is 15.4 Å². The Labute approximate surface area is 204 Å². The number of fused-ring (bicyclic) bond motifs is 3. The predicted octanol–water partition coefficient (Wildman–Crippen LogP) is 6.24. The summed E-state index contributed by atoms with van der Waals surface area (Å²) in [6.45, 7) is 8.69. The van der Waals surface area contributed by atoms with Gasteiger partial charge in [0, 0.05) is 4.88 Å². The second-order valence-corrected chi connectivity index (χ2v) is 11.5. The highest BCUT2D eigenvalue weighted by Crippen LogP contribution is 2.42. The van der Waals surface area contributed by atoms with Gasteiger partial charge in [-0.3, -0.25) is 4.79 Å². The molecule has 0 saturated heterocycles. The molecule has 6 heteroatoms. The van der Waals surface area contributed by atoms with Gasteiger partial charge in [0.25, 0.3) is 5.91 Å². The topological polar surface area (TPSA) is 67.4 Å². The third kappa shape index (κ3) is 4.34. The second kappa shape index (κ2) is 8.58. The summed E-state index contributed by atoms with van der Waals surface area (Å²) in [5.74, 6) is 0.732. The lowest BCUT2D eigenvalue weighted by molar-refractivity contribution is 0.0734. The van der Waals surface area contributed by atoms with Gasteiger partial charge in [0.2, 0.25) is 0 Å². The van der Waals surface area contributed by atoms with E-state index in [0.717, 1.165) is 35.4 Å². The summed E-state index contributed by atoms with van der Waals surface area (Å²) in [4.78, 5) is 26.8. The summed E-state index contributed by atoms with van der Waals surface area (Å²) in [5, 5.41) is 7.55. The van der Waals surface area contributed by atoms with E-state index in [1.54, 1.807) is 35.6 Å². The smallest absolute Gasteiger partial charge is 0.343 e. The number of amides is 1. The van der Waals surface area contributed by atoms with Crippen molar-refractivity contribution in [3.8, 4) is 5.75 Å². The predicted molar refractivity (Wildman–Crippen MR) is 136 cm³/mol. The van der Waals surface area contributed by atoms with Gasteiger partial charge in [0.1, 0.15) is 16.9 Å². The fourth-order valence-electron chi connectivity index (χ4n) is 4.63. The van der Waals surface area contributed by atoms with Crippen molar-refractivity contribution in [2.75, 3.05) is 5.32 Å². The average molecular weight is 475 g/mol. The Morgan fingerprint density at radius 1 is 1.03 bits per heavy atom. The van der Waals surface area contributed by atoms with E-state index in [9.17, 15) is 9.59 Å². The molecule has 3 aromatic rings. The van der Waals surface area contributed by atoms with Gasteiger partial charge in [0.05, 0.1) is 11.1 Å².